The molecular formula is C14H25NO. The lowest BCUT2D eigenvalue weighted by molar-refractivity contribution is -0.129. The Bertz CT molecular complexity index is 238. The van der Waals surface area contributed by atoms with Crippen molar-refractivity contribution in [1.82, 2.24) is 5.32 Å². The monoisotopic (exact) mass is 223 g/mol. The van der Waals surface area contributed by atoms with Crippen LogP contribution < -0.4 is 5.32 Å². The lowest BCUT2D eigenvalue weighted by atomic mass is 9.66. The summed E-state index contributed by atoms with van der Waals surface area (Å²) >= 11 is 0. The van der Waals surface area contributed by atoms with Crippen molar-refractivity contribution in [3.05, 3.63) is 0 Å². The van der Waals surface area contributed by atoms with Gasteiger partial charge in [-0.2, -0.15) is 0 Å². The molecule has 1 N–H and O–H groups in total. The number of hydrogen-bond donors (Lipinski definition) is 1. The standard InChI is InChI=1S/C14H25NO/c1-2-3-7-12-13(16)8-6-10-14(12)9-4-5-11-15-14/h12,15H,2-11H2,1H3/t12-,14?/m1/s1. The smallest absolute Gasteiger partial charge is 0.137 e. The van der Waals surface area contributed by atoms with E-state index in [0.29, 0.717) is 11.7 Å². The third-order valence-corrected chi connectivity index (χ3v) is 4.47. The van der Waals surface area contributed by atoms with Crippen LogP contribution in [0.25, 0.3) is 0 Å². The predicted octanol–water partition coefficient (Wildman–Crippen LogP) is 3.06. The molecule has 2 fully saturated rings. The van der Waals surface area contributed by atoms with Crippen LogP contribution in [0, 0.1) is 5.92 Å². The van der Waals surface area contributed by atoms with Gasteiger partial charge in [0.05, 0.1) is 0 Å². The van der Waals surface area contributed by atoms with Crippen LogP contribution in [-0.4, -0.2) is 17.9 Å². The number of rotatable bonds is 3. The molecule has 1 aliphatic heterocycles. The Morgan fingerprint density at radius 3 is 2.81 bits per heavy atom. The molecule has 92 valence electrons. The molecule has 2 aliphatic rings. The number of carbonyl (C=O) groups excluding carboxylic acids is 1. The van der Waals surface area contributed by atoms with Gasteiger partial charge in [-0.05, 0) is 38.6 Å². The first-order valence-electron chi connectivity index (χ1n) is 7.06. The number of carbonyl (C=O) groups is 1. The van der Waals surface area contributed by atoms with Crippen LogP contribution in [0.2, 0.25) is 0 Å². The molecule has 0 radical (unpaired) electrons. The molecule has 0 bridgehead atoms. The zero-order valence-electron chi connectivity index (χ0n) is 10.6. The summed E-state index contributed by atoms with van der Waals surface area (Å²) in [7, 11) is 0. The number of unbranched alkanes of at least 4 members (excludes halogenated alkanes) is 1. The van der Waals surface area contributed by atoms with Gasteiger partial charge in [0.2, 0.25) is 0 Å². The Hall–Kier alpha value is -0.370. The summed E-state index contributed by atoms with van der Waals surface area (Å²) in [5, 5.41) is 3.70. The molecule has 2 rings (SSSR count). The predicted molar refractivity (Wildman–Crippen MR) is 66.5 cm³/mol. The van der Waals surface area contributed by atoms with E-state index in [2.05, 4.69) is 12.2 Å². The third-order valence-electron chi connectivity index (χ3n) is 4.47. The van der Waals surface area contributed by atoms with Crippen molar-refractivity contribution in [3.8, 4) is 0 Å². The highest BCUT2D eigenvalue weighted by Crippen LogP contribution is 2.39. The summed E-state index contributed by atoms with van der Waals surface area (Å²) in [6, 6.07) is 0. The maximum Gasteiger partial charge on any atom is 0.137 e. The van der Waals surface area contributed by atoms with Gasteiger partial charge in [-0.1, -0.05) is 26.2 Å². The average Bonchev–Trinajstić information content (AvgIpc) is 2.30. The highest BCUT2D eigenvalue weighted by molar-refractivity contribution is 5.83. The number of piperidine rings is 1. The summed E-state index contributed by atoms with van der Waals surface area (Å²) in [5.41, 5.74) is 0.197. The molecule has 1 saturated carbocycles. The summed E-state index contributed by atoms with van der Waals surface area (Å²) < 4.78 is 0. The molecule has 1 spiro atoms. The third kappa shape index (κ3) is 2.32. The molecule has 0 aromatic rings. The largest absolute Gasteiger partial charge is 0.311 e. The van der Waals surface area contributed by atoms with Crippen molar-refractivity contribution in [2.45, 2.75) is 70.3 Å². The van der Waals surface area contributed by atoms with E-state index < -0.39 is 0 Å². The second kappa shape index (κ2) is 5.31. The maximum absolute atomic E-state index is 12.1. The highest BCUT2D eigenvalue weighted by atomic mass is 16.1. The van der Waals surface area contributed by atoms with Crippen LogP contribution >= 0.6 is 0 Å². The van der Waals surface area contributed by atoms with E-state index in [4.69, 9.17) is 0 Å². The number of Topliss-reactive ketones (excluding diaryl/α,β-unsaturated/α-hetero) is 1. The minimum atomic E-state index is 0.197. The second-order valence-corrected chi connectivity index (χ2v) is 5.55. The van der Waals surface area contributed by atoms with Gasteiger partial charge in [0.25, 0.3) is 0 Å². The molecular weight excluding hydrogens is 198 g/mol. The van der Waals surface area contributed by atoms with E-state index >= 15 is 0 Å². The van der Waals surface area contributed by atoms with Crippen molar-refractivity contribution >= 4 is 5.78 Å². The van der Waals surface area contributed by atoms with E-state index in [0.717, 1.165) is 25.8 Å². The van der Waals surface area contributed by atoms with Crippen molar-refractivity contribution in [3.63, 3.8) is 0 Å². The van der Waals surface area contributed by atoms with E-state index in [1.165, 1.54) is 38.5 Å². The highest BCUT2D eigenvalue weighted by Gasteiger charge is 2.44. The molecule has 16 heavy (non-hydrogen) atoms. The van der Waals surface area contributed by atoms with Crippen LogP contribution in [0.1, 0.15) is 64.7 Å². The van der Waals surface area contributed by atoms with Crippen LogP contribution in [0.4, 0.5) is 0 Å². The quantitative estimate of drug-likeness (QED) is 0.796. The second-order valence-electron chi connectivity index (χ2n) is 5.55. The Labute approximate surface area is 99.2 Å². The van der Waals surface area contributed by atoms with E-state index in [1.54, 1.807) is 0 Å². The molecule has 2 atom stereocenters. The Kier molecular flexibility index (Phi) is 4.01. The number of hydrogen-bond acceptors (Lipinski definition) is 2. The van der Waals surface area contributed by atoms with Gasteiger partial charge >= 0.3 is 0 Å². The van der Waals surface area contributed by atoms with Gasteiger partial charge in [0.15, 0.2) is 0 Å². The first kappa shape index (κ1) is 12.1. The summed E-state index contributed by atoms with van der Waals surface area (Å²) in [6.45, 7) is 3.34. The minimum absolute atomic E-state index is 0.197. The molecule has 1 unspecified atom stereocenters. The molecule has 2 nitrogen and oxygen atoms in total. The zero-order chi connectivity index (χ0) is 11.4. The van der Waals surface area contributed by atoms with E-state index in [9.17, 15) is 4.79 Å². The molecule has 0 aromatic heterocycles. The summed E-state index contributed by atoms with van der Waals surface area (Å²) in [6.07, 6.45) is 10.5. The Morgan fingerprint density at radius 1 is 1.31 bits per heavy atom. The first-order chi connectivity index (χ1) is 7.78. The lowest BCUT2D eigenvalue weighted by Gasteiger charge is -2.47. The molecule has 1 heterocycles. The van der Waals surface area contributed by atoms with Gasteiger partial charge in [-0.15, -0.1) is 0 Å². The van der Waals surface area contributed by atoms with Crippen molar-refractivity contribution in [2.24, 2.45) is 5.92 Å². The van der Waals surface area contributed by atoms with Crippen LogP contribution in [0.3, 0.4) is 0 Å². The van der Waals surface area contributed by atoms with Gasteiger partial charge in [0.1, 0.15) is 5.78 Å². The molecule has 1 aliphatic carbocycles. The fraction of sp³-hybridized carbons (Fsp3) is 0.929. The van der Waals surface area contributed by atoms with Crippen LogP contribution in [-0.2, 0) is 4.79 Å². The zero-order valence-corrected chi connectivity index (χ0v) is 10.6. The van der Waals surface area contributed by atoms with Gasteiger partial charge in [-0.25, -0.2) is 0 Å². The summed E-state index contributed by atoms with van der Waals surface area (Å²) in [4.78, 5) is 12.1. The molecule has 0 amide bonds. The van der Waals surface area contributed by atoms with Crippen LogP contribution in [0.15, 0.2) is 0 Å². The number of nitrogens with one attached hydrogen (secondary N) is 1. The fourth-order valence-corrected chi connectivity index (χ4v) is 3.58. The van der Waals surface area contributed by atoms with Gasteiger partial charge < -0.3 is 5.32 Å². The maximum atomic E-state index is 12.1. The Morgan fingerprint density at radius 2 is 2.12 bits per heavy atom. The topological polar surface area (TPSA) is 29.1 Å². The summed E-state index contributed by atoms with van der Waals surface area (Å²) in [5.74, 6) is 0.857. The average molecular weight is 223 g/mol. The van der Waals surface area contributed by atoms with Crippen molar-refractivity contribution in [2.75, 3.05) is 6.54 Å². The molecule has 0 aromatic carbocycles. The minimum Gasteiger partial charge on any atom is -0.311 e. The normalized spacial score (nSPS) is 35.6. The lowest BCUT2D eigenvalue weighted by Crippen LogP contribution is -2.58. The Balaban J connectivity index is 2.08. The van der Waals surface area contributed by atoms with Gasteiger partial charge in [-0.3, -0.25) is 4.79 Å². The van der Waals surface area contributed by atoms with Crippen molar-refractivity contribution in [1.29, 1.82) is 0 Å². The van der Waals surface area contributed by atoms with Gasteiger partial charge in [0, 0.05) is 17.9 Å². The number of ketones is 1. The van der Waals surface area contributed by atoms with E-state index in [1.807, 2.05) is 0 Å². The van der Waals surface area contributed by atoms with Crippen molar-refractivity contribution < 1.29 is 4.79 Å². The fourth-order valence-electron chi connectivity index (χ4n) is 3.58. The first-order valence-corrected chi connectivity index (χ1v) is 7.06. The van der Waals surface area contributed by atoms with Crippen LogP contribution in [0.5, 0.6) is 0 Å². The molecule has 1 saturated heterocycles. The molecule has 2 heteroatoms. The SMILES string of the molecule is CCCC[C@@H]1C(=O)CCCC12CCCCN2. The van der Waals surface area contributed by atoms with E-state index in [-0.39, 0.29) is 5.54 Å².